The van der Waals surface area contributed by atoms with E-state index in [9.17, 15) is 0 Å². The first kappa shape index (κ1) is 28.1. The first-order valence-electron chi connectivity index (χ1n) is 15.5. The van der Waals surface area contributed by atoms with Crippen LogP contribution in [0.4, 0.5) is 34.1 Å². The van der Waals surface area contributed by atoms with Gasteiger partial charge in [-0.2, -0.15) is 0 Å². The number of fused-ring (bicyclic) bond motifs is 6. The van der Waals surface area contributed by atoms with Crippen molar-refractivity contribution in [3.63, 3.8) is 0 Å². The zero-order valence-corrected chi connectivity index (χ0v) is 27.6. The van der Waals surface area contributed by atoms with Crippen molar-refractivity contribution in [2.24, 2.45) is 0 Å². The zero-order chi connectivity index (χ0) is 31.3. The lowest BCUT2D eigenvalue weighted by molar-refractivity contribution is 1.27. The molecule has 0 amide bonds. The summed E-state index contributed by atoms with van der Waals surface area (Å²) in [6.45, 7) is 0. The van der Waals surface area contributed by atoms with Crippen LogP contribution in [-0.4, -0.2) is 0 Å². The fraction of sp³-hybridized carbons (Fsp3) is 0. The second kappa shape index (κ2) is 11.6. The van der Waals surface area contributed by atoms with E-state index >= 15 is 0 Å². The van der Waals surface area contributed by atoms with Crippen LogP contribution in [0.15, 0.2) is 164 Å². The van der Waals surface area contributed by atoms with Gasteiger partial charge in [0, 0.05) is 63.4 Å². The molecule has 0 N–H and O–H groups in total. The Kier molecular flexibility index (Phi) is 6.93. The summed E-state index contributed by atoms with van der Waals surface area (Å²) in [5.41, 5.74) is 6.55. The fourth-order valence-corrected chi connectivity index (χ4v) is 9.21. The van der Waals surface area contributed by atoms with Crippen LogP contribution in [0, 0.1) is 0 Å². The molecule has 9 rings (SSSR count). The average Bonchev–Trinajstić information content (AvgIpc) is 3.68. The Morgan fingerprint density at radius 3 is 1.51 bits per heavy atom. The minimum absolute atomic E-state index is 0.718. The summed E-state index contributed by atoms with van der Waals surface area (Å²) in [5.74, 6) is 0. The van der Waals surface area contributed by atoms with Gasteiger partial charge in [0.1, 0.15) is 0 Å². The van der Waals surface area contributed by atoms with E-state index in [0.717, 1.165) is 39.1 Å². The van der Waals surface area contributed by atoms with E-state index in [2.05, 4.69) is 174 Å². The van der Waals surface area contributed by atoms with Gasteiger partial charge in [-0.1, -0.05) is 103 Å². The van der Waals surface area contributed by atoms with Crippen molar-refractivity contribution in [3.8, 4) is 0 Å². The Morgan fingerprint density at radius 1 is 0.383 bits per heavy atom. The molecule has 7 aromatic carbocycles. The highest BCUT2D eigenvalue weighted by atomic mass is 35.5. The molecule has 0 fully saturated rings. The zero-order valence-electron chi connectivity index (χ0n) is 25.2. The van der Waals surface area contributed by atoms with Crippen LogP contribution in [0.3, 0.4) is 0 Å². The van der Waals surface area contributed by atoms with Crippen molar-refractivity contribution in [1.29, 1.82) is 0 Å². The third-order valence-corrected chi connectivity index (χ3v) is 11.2. The predicted molar refractivity (Wildman–Crippen MR) is 207 cm³/mol. The van der Waals surface area contributed by atoms with Crippen LogP contribution >= 0.6 is 34.3 Å². The third kappa shape index (κ3) is 4.85. The fourth-order valence-electron chi connectivity index (χ4n) is 6.65. The van der Waals surface area contributed by atoms with Crippen LogP contribution in [0.5, 0.6) is 0 Å². The molecule has 47 heavy (non-hydrogen) atoms. The number of nitrogens with zero attached hydrogens (tertiary/aromatic N) is 2. The van der Waals surface area contributed by atoms with Gasteiger partial charge in [0.2, 0.25) is 0 Å². The maximum absolute atomic E-state index is 6.96. The van der Waals surface area contributed by atoms with E-state index < -0.39 is 0 Å². The summed E-state index contributed by atoms with van der Waals surface area (Å²) in [6, 6.07) is 58.3. The number of hydrogen-bond acceptors (Lipinski definition) is 4. The lowest BCUT2D eigenvalue weighted by atomic mass is 10.1. The van der Waals surface area contributed by atoms with Gasteiger partial charge >= 0.3 is 0 Å². The molecule has 0 atom stereocenters. The second-order valence-corrected chi connectivity index (χ2v) is 14.1. The van der Waals surface area contributed by atoms with Crippen molar-refractivity contribution in [2.75, 3.05) is 9.80 Å². The van der Waals surface area contributed by atoms with Crippen LogP contribution in [-0.2, 0) is 0 Å². The summed E-state index contributed by atoms with van der Waals surface area (Å²) in [4.78, 5) is 4.77. The molecule has 0 unspecified atom stereocenters. The van der Waals surface area contributed by atoms with Crippen molar-refractivity contribution in [2.45, 2.75) is 0 Å². The number of halogens is 1. The van der Waals surface area contributed by atoms with Gasteiger partial charge < -0.3 is 9.80 Å². The summed E-state index contributed by atoms with van der Waals surface area (Å²) < 4.78 is 4.95. The SMILES string of the molecule is Clc1cc(N(c2ccccc2)c2cc(N(c3ccccc3)c3ccccc3)c3c(c2)sc2ccccc23)c2sc3ccccc3c2c1. The molecular weight excluding hydrogens is 632 g/mol. The number of para-hydroxylation sites is 3. The van der Waals surface area contributed by atoms with E-state index in [-0.39, 0.29) is 0 Å². The maximum Gasteiger partial charge on any atom is 0.0655 e. The summed E-state index contributed by atoms with van der Waals surface area (Å²) in [6.07, 6.45) is 0. The van der Waals surface area contributed by atoms with Gasteiger partial charge in [0.05, 0.1) is 16.1 Å². The summed E-state index contributed by atoms with van der Waals surface area (Å²) in [5, 5.41) is 5.62. The van der Waals surface area contributed by atoms with Crippen molar-refractivity contribution in [3.05, 3.63) is 169 Å². The van der Waals surface area contributed by atoms with Gasteiger partial charge in [-0.25, -0.2) is 0 Å². The molecule has 0 aliphatic heterocycles. The first-order chi connectivity index (χ1) is 23.2. The smallest absolute Gasteiger partial charge is 0.0655 e. The average molecular weight is 659 g/mol. The molecule has 0 saturated carbocycles. The molecule has 0 radical (unpaired) electrons. The van der Waals surface area contributed by atoms with E-state index in [1.54, 1.807) is 0 Å². The largest absolute Gasteiger partial charge is 0.310 e. The summed E-state index contributed by atoms with van der Waals surface area (Å²) >= 11 is 10.6. The van der Waals surface area contributed by atoms with Crippen molar-refractivity contribution in [1.82, 2.24) is 0 Å². The minimum atomic E-state index is 0.718. The number of benzene rings is 7. The second-order valence-electron chi connectivity index (χ2n) is 11.5. The highest BCUT2D eigenvalue weighted by Gasteiger charge is 2.24. The lowest BCUT2D eigenvalue weighted by Crippen LogP contribution is -2.13. The Hall–Kier alpha value is -5.13. The number of anilines is 6. The molecular formula is C42H27ClN2S2. The topological polar surface area (TPSA) is 6.48 Å². The molecule has 224 valence electrons. The normalized spacial score (nSPS) is 11.5. The standard InChI is InChI=1S/C42H27ClN2S2/c43-28-24-35-33-20-10-12-22-38(33)47-42(35)37(25-28)45(31-18-8-3-9-19-31)32-26-36(41-34-21-11-13-23-39(34)46-40(41)27-32)44(29-14-4-1-5-15-29)30-16-6-2-7-17-30/h1-27H. The van der Waals surface area contributed by atoms with Gasteiger partial charge in [0.15, 0.2) is 0 Å². The van der Waals surface area contributed by atoms with Gasteiger partial charge in [-0.05, 0) is 72.8 Å². The first-order valence-corrected chi connectivity index (χ1v) is 17.6. The highest BCUT2D eigenvalue weighted by Crippen LogP contribution is 2.51. The quantitative estimate of drug-likeness (QED) is 0.175. The predicted octanol–water partition coefficient (Wildman–Crippen LogP) is 14.0. The van der Waals surface area contributed by atoms with E-state index in [4.69, 9.17) is 11.6 Å². The van der Waals surface area contributed by atoms with Gasteiger partial charge in [-0.3, -0.25) is 0 Å². The van der Waals surface area contributed by atoms with Gasteiger partial charge in [0.25, 0.3) is 0 Å². The van der Waals surface area contributed by atoms with Gasteiger partial charge in [-0.15, -0.1) is 22.7 Å². The van der Waals surface area contributed by atoms with E-state index in [0.29, 0.717) is 0 Å². The van der Waals surface area contributed by atoms with Crippen molar-refractivity contribution >= 4 is 109 Å². The lowest BCUT2D eigenvalue weighted by Gasteiger charge is -2.30. The van der Waals surface area contributed by atoms with Crippen LogP contribution in [0.2, 0.25) is 5.02 Å². The molecule has 0 aliphatic carbocycles. The molecule has 2 aromatic heterocycles. The number of hydrogen-bond donors (Lipinski definition) is 0. The maximum atomic E-state index is 6.96. The molecule has 5 heteroatoms. The number of thiophene rings is 2. The molecule has 9 aromatic rings. The van der Waals surface area contributed by atoms with E-state index in [1.807, 2.05) is 22.7 Å². The summed E-state index contributed by atoms with van der Waals surface area (Å²) in [7, 11) is 0. The van der Waals surface area contributed by atoms with Crippen LogP contribution in [0.1, 0.15) is 0 Å². The molecule has 2 nitrogen and oxygen atoms in total. The molecule has 0 bridgehead atoms. The Balaban J connectivity index is 1.39. The minimum Gasteiger partial charge on any atom is -0.310 e. The number of rotatable bonds is 6. The Morgan fingerprint density at radius 2 is 0.894 bits per heavy atom. The Bertz CT molecular complexity index is 2500. The van der Waals surface area contributed by atoms with E-state index in [1.165, 1.54) is 40.3 Å². The van der Waals surface area contributed by atoms with Crippen LogP contribution < -0.4 is 9.80 Å². The Labute approximate surface area is 285 Å². The monoisotopic (exact) mass is 658 g/mol. The molecule has 0 spiro atoms. The molecule has 0 aliphatic rings. The highest BCUT2D eigenvalue weighted by molar-refractivity contribution is 7.26. The van der Waals surface area contributed by atoms with Crippen LogP contribution in [0.25, 0.3) is 40.3 Å². The third-order valence-electron chi connectivity index (χ3n) is 8.65. The van der Waals surface area contributed by atoms with Crippen molar-refractivity contribution < 1.29 is 0 Å². The molecule has 0 saturated heterocycles. The molecule has 2 heterocycles.